The predicted octanol–water partition coefficient (Wildman–Crippen LogP) is 3.56. The Bertz CT molecular complexity index is 1440. The minimum absolute atomic E-state index is 0.0595. The van der Waals surface area contributed by atoms with Gasteiger partial charge in [0, 0.05) is 42.5 Å². The third-order valence-electron chi connectivity index (χ3n) is 5.90. The van der Waals surface area contributed by atoms with Crippen LogP contribution >= 0.6 is 0 Å². The van der Waals surface area contributed by atoms with Gasteiger partial charge in [-0.1, -0.05) is 0 Å². The summed E-state index contributed by atoms with van der Waals surface area (Å²) in [5, 5.41) is 12.8. The highest BCUT2D eigenvalue weighted by Gasteiger charge is 2.29. The van der Waals surface area contributed by atoms with Crippen molar-refractivity contribution in [2.45, 2.75) is 52.1 Å². The summed E-state index contributed by atoms with van der Waals surface area (Å²) >= 11 is 0. The van der Waals surface area contributed by atoms with E-state index in [-0.39, 0.29) is 23.5 Å². The van der Waals surface area contributed by atoms with Crippen LogP contribution in [0, 0.1) is 6.92 Å². The lowest BCUT2D eigenvalue weighted by Crippen LogP contribution is -2.41. The summed E-state index contributed by atoms with van der Waals surface area (Å²) in [5.74, 6) is 0.680. The monoisotopic (exact) mass is 477 g/mol. The van der Waals surface area contributed by atoms with E-state index in [0.29, 0.717) is 43.0 Å². The largest absolute Gasteiger partial charge is 0.444 e. The summed E-state index contributed by atoms with van der Waals surface area (Å²) in [7, 11) is 0. The van der Waals surface area contributed by atoms with Crippen LogP contribution < -0.4 is 5.56 Å². The molecule has 1 fully saturated rings. The van der Waals surface area contributed by atoms with Gasteiger partial charge in [0.25, 0.3) is 11.4 Å². The molecule has 35 heavy (non-hydrogen) atoms. The lowest BCUT2D eigenvalue weighted by molar-refractivity contribution is 0.0203. The third-order valence-corrected chi connectivity index (χ3v) is 5.90. The van der Waals surface area contributed by atoms with Crippen LogP contribution in [0.3, 0.4) is 0 Å². The van der Waals surface area contributed by atoms with Gasteiger partial charge in [-0.25, -0.2) is 9.31 Å². The van der Waals surface area contributed by atoms with Crippen molar-refractivity contribution in [3.63, 3.8) is 0 Å². The zero-order valence-electron chi connectivity index (χ0n) is 20.1. The molecule has 0 radical (unpaired) electrons. The molecule has 5 rings (SSSR count). The summed E-state index contributed by atoms with van der Waals surface area (Å²) < 4.78 is 13.1. The van der Waals surface area contributed by atoms with E-state index in [4.69, 9.17) is 9.15 Å². The number of pyridine rings is 1. The van der Waals surface area contributed by atoms with E-state index in [2.05, 4.69) is 25.3 Å². The molecule has 11 heteroatoms. The second-order valence-electron chi connectivity index (χ2n) is 9.72. The quantitative estimate of drug-likeness (QED) is 0.474. The van der Waals surface area contributed by atoms with Gasteiger partial charge < -0.3 is 19.0 Å². The van der Waals surface area contributed by atoms with Gasteiger partial charge in [0.15, 0.2) is 0 Å². The number of likely N-dealkylation sites (tertiary alicyclic amines) is 1. The number of rotatable bonds is 3. The molecule has 4 aromatic heterocycles. The van der Waals surface area contributed by atoms with Gasteiger partial charge in [0.2, 0.25) is 5.89 Å². The maximum absolute atomic E-state index is 12.6. The number of aryl methyl sites for hydroxylation is 1. The number of carbonyl (C=O) groups is 1. The topological polar surface area (TPSA) is 132 Å². The lowest BCUT2D eigenvalue weighted by atomic mass is 9.93. The van der Waals surface area contributed by atoms with E-state index in [1.807, 2.05) is 33.8 Å². The number of hydrogen-bond acceptors (Lipinski definition) is 8. The van der Waals surface area contributed by atoms with Crippen LogP contribution in [0.15, 0.2) is 39.8 Å². The normalized spacial score (nSPS) is 15.0. The van der Waals surface area contributed by atoms with Gasteiger partial charge in [0.1, 0.15) is 16.8 Å². The molecule has 0 atom stereocenters. The molecule has 1 N–H and O–H groups in total. The highest BCUT2D eigenvalue weighted by atomic mass is 16.6. The Balaban J connectivity index is 1.41. The van der Waals surface area contributed by atoms with E-state index in [1.165, 1.54) is 0 Å². The molecule has 0 aliphatic carbocycles. The Labute approximate surface area is 201 Å². The van der Waals surface area contributed by atoms with E-state index >= 15 is 0 Å². The highest BCUT2D eigenvalue weighted by Crippen LogP contribution is 2.31. The van der Waals surface area contributed by atoms with E-state index in [1.54, 1.807) is 33.9 Å². The lowest BCUT2D eigenvalue weighted by Gasteiger charge is -2.33. The second kappa shape index (κ2) is 8.64. The molecule has 11 nitrogen and oxygen atoms in total. The zero-order valence-corrected chi connectivity index (χ0v) is 20.1. The third kappa shape index (κ3) is 4.66. The number of H-pyrrole nitrogens is 1. The Hall–Kier alpha value is -4.02. The summed E-state index contributed by atoms with van der Waals surface area (Å²) in [5.41, 5.74) is 2.63. The number of carbonyl (C=O) groups excluding carboxylic acids is 1. The van der Waals surface area contributed by atoms with Gasteiger partial charge in [-0.15, -0.1) is 10.2 Å². The standard InChI is InChI=1S/C24H27N7O4/c1-14-11-16(5-8-25-14)21-28-29-22(34-21)17-13-26-31-18(12-19(32)27-20(17)31)15-6-9-30(10-7-15)23(33)35-24(2,3)4/h5,8,11-13,15H,6-7,9-10H2,1-4H3,(H,27,32). The van der Waals surface area contributed by atoms with Gasteiger partial charge in [-0.2, -0.15) is 5.10 Å². The van der Waals surface area contributed by atoms with Gasteiger partial charge in [-0.05, 0) is 52.7 Å². The number of nitrogens with one attached hydrogen (secondary N) is 1. The molecular weight excluding hydrogens is 450 g/mol. The number of amides is 1. The number of aromatic nitrogens is 6. The molecule has 1 aliphatic heterocycles. The Kier molecular flexibility index (Phi) is 5.62. The molecule has 4 aromatic rings. The number of hydrogen-bond donors (Lipinski definition) is 1. The average molecular weight is 478 g/mol. The summed E-state index contributed by atoms with van der Waals surface area (Å²) in [4.78, 5) is 33.7. The zero-order chi connectivity index (χ0) is 24.7. The molecule has 0 saturated carbocycles. The fourth-order valence-electron chi connectivity index (χ4n) is 4.27. The van der Waals surface area contributed by atoms with E-state index < -0.39 is 5.60 Å². The van der Waals surface area contributed by atoms with Crippen molar-refractivity contribution in [3.8, 4) is 22.9 Å². The predicted molar refractivity (Wildman–Crippen MR) is 127 cm³/mol. The van der Waals surface area contributed by atoms with Crippen molar-refractivity contribution in [3.05, 3.63) is 52.3 Å². The molecule has 0 spiro atoms. The second-order valence-corrected chi connectivity index (χ2v) is 9.72. The summed E-state index contributed by atoms with van der Waals surface area (Å²) in [6, 6.07) is 5.22. The number of fused-ring (bicyclic) bond motifs is 1. The number of aromatic amines is 1. The maximum Gasteiger partial charge on any atom is 0.410 e. The number of ether oxygens (including phenoxy) is 1. The molecule has 0 unspecified atom stereocenters. The van der Waals surface area contributed by atoms with Crippen LogP contribution in [-0.4, -0.2) is 59.5 Å². The SMILES string of the molecule is Cc1cc(-c2nnc(-c3cnn4c(C5CCN(C(=O)OC(C)(C)C)CC5)cc(=O)[nH]c34)o2)ccn1. The number of nitrogens with zero attached hydrogens (tertiary/aromatic N) is 6. The van der Waals surface area contributed by atoms with Crippen LogP contribution in [0.1, 0.15) is 50.9 Å². The molecule has 1 aliphatic rings. The highest BCUT2D eigenvalue weighted by molar-refractivity contribution is 5.72. The van der Waals surface area contributed by atoms with Crippen molar-refractivity contribution in [2.75, 3.05) is 13.1 Å². The molecular formula is C24H27N7O4. The van der Waals surface area contributed by atoms with Gasteiger partial charge >= 0.3 is 6.09 Å². The van der Waals surface area contributed by atoms with Crippen LogP contribution in [-0.2, 0) is 4.74 Å². The first-order valence-corrected chi connectivity index (χ1v) is 11.5. The minimum atomic E-state index is -0.539. The van der Waals surface area contributed by atoms with Gasteiger partial charge in [0.05, 0.1) is 11.9 Å². The smallest absolute Gasteiger partial charge is 0.410 e. The van der Waals surface area contributed by atoms with Crippen molar-refractivity contribution in [1.82, 2.24) is 34.7 Å². The maximum atomic E-state index is 12.6. The van der Waals surface area contributed by atoms with Crippen LogP contribution in [0.2, 0.25) is 0 Å². The summed E-state index contributed by atoms with van der Waals surface area (Å²) in [6.07, 6.45) is 4.37. The molecule has 1 saturated heterocycles. The first-order valence-electron chi connectivity index (χ1n) is 11.5. The fourth-order valence-corrected chi connectivity index (χ4v) is 4.27. The summed E-state index contributed by atoms with van der Waals surface area (Å²) in [6.45, 7) is 8.52. The first kappa shape index (κ1) is 22.8. The molecule has 5 heterocycles. The van der Waals surface area contributed by atoms with Crippen molar-refractivity contribution in [1.29, 1.82) is 0 Å². The minimum Gasteiger partial charge on any atom is -0.444 e. The number of piperidine rings is 1. The average Bonchev–Trinajstić information content (AvgIpc) is 3.45. The van der Waals surface area contributed by atoms with Crippen LogP contribution in [0.5, 0.6) is 0 Å². The first-order chi connectivity index (χ1) is 16.7. The van der Waals surface area contributed by atoms with E-state index in [0.717, 1.165) is 17.0 Å². The Morgan fingerprint density at radius 3 is 2.63 bits per heavy atom. The van der Waals surface area contributed by atoms with Crippen molar-refractivity contribution < 1.29 is 13.9 Å². The van der Waals surface area contributed by atoms with E-state index in [9.17, 15) is 9.59 Å². The van der Waals surface area contributed by atoms with Crippen LogP contribution in [0.25, 0.3) is 28.6 Å². The Morgan fingerprint density at radius 2 is 1.91 bits per heavy atom. The Morgan fingerprint density at radius 1 is 1.17 bits per heavy atom. The molecule has 0 aromatic carbocycles. The fraction of sp³-hybridized carbons (Fsp3) is 0.417. The van der Waals surface area contributed by atoms with Crippen LogP contribution in [0.4, 0.5) is 4.79 Å². The molecule has 182 valence electrons. The van der Waals surface area contributed by atoms with Crippen molar-refractivity contribution >= 4 is 11.7 Å². The molecule has 1 amide bonds. The van der Waals surface area contributed by atoms with Gasteiger partial charge in [-0.3, -0.25) is 9.78 Å². The van der Waals surface area contributed by atoms with Crippen molar-refractivity contribution in [2.24, 2.45) is 0 Å². The molecule has 0 bridgehead atoms.